The van der Waals surface area contributed by atoms with E-state index in [1.54, 1.807) is 30.3 Å². The average molecular weight is 459 g/mol. The number of ether oxygens (including phenoxy) is 2. The summed E-state index contributed by atoms with van der Waals surface area (Å²) in [5.74, 6) is -1.40. The van der Waals surface area contributed by atoms with Crippen LogP contribution in [0.1, 0.15) is 5.56 Å². The number of rotatable bonds is 6. The Labute approximate surface area is 186 Å². The predicted molar refractivity (Wildman–Crippen MR) is 114 cm³/mol. The van der Waals surface area contributed by atoms with E-state index in [9.17, 15) is 14.4 Å². The fourth-order valence-electron chi connectivity index (χ4n) is 2.41. The van der Waals surface area contributed by atoms with Gasteiger partial charge in [0, 0.05) is 10.7 Å². The van der Waals surface area contributed by atoms with Crippen molar-refractivity contribution in [3.8, 4) is 23.4 Å². The highest BCUT2D eigenvalue weighted by Crippen LogP contribution is 2.33. The first-order valence-corrected chi connectivity index (χ1v) is 9.38. The van der Waals surface area contributed by atoms with Gasteiger partial charge in [-0.15, -0.1) is 0 Å². The molecule has 0 bridgehead atoms. The number of carbonyl (C=O) groups excluding carboxylic acids is 1. The number of aromatic nitrogens is 2. The van der Waals surface area contributed by atoms with E-state index in [-0.39, 0.29) is 28.2 Å². The number of nitrogens with zero attached hydrogens (tertiary/aromatic N) is 3. The molecule has 3 rings (SSSR count). The molecule has 0 radical (unpaired) electrons. The molecule has 0 aliphatic carbocycles. The van der Waals surface area contributed by atoms with Gasteiger partial charge in [0.1, 0.15) is 11.6 Å². The van der Waals surface area contributed by atoms with Crippen LogP contribution in [0.25, 0.3) is 6.08 Å². The number of halogens is 3. The number of hydrogen-bond acceptors (Lipinski definition) is 6. The van der Waals surface area contributed by atoms with Gasteiger partial charge in [-0.25, -0.2) is 4.98 Å². The van der Waals surface area contributed by atoms with Crippen LogP contribution >= 0.6 is 23.2 Å². The molecule has 0 saturated carbocycles. The summed E-state index contributed by atoms with van der Waals surface area (Å²) < 4.78 is 24.5. The Morgan fingerprint density at radius 2 is 1.94 bits per heavy atom. The molecule has 10 heteroatoms. The van der Waals surface area contributed by atoms with Gasteiger partial charge in [0.25, 0.3) is 11.8 Å². The lowest BCUT2D eigenvalue weighted by Crippen LogP contribution is -2.13. The van der Waals surface area contributed by atoms with Crippen LogP contribution in [-0.2, 0) is 4.79 Å². The molecule has 2 aromatic carbocycles. The van der Waals surface area contributed by atoms with Crippen LogP contribution in [0.2, 0.25) is 10.3 Å². The zero-order chi connectivity index (χ0) is 22.4. The number of nitrogens with one attached hydrogen (secondary N) is 1. The summed E-state index contributed by atoms with van der Waals surface area (Å²) in [4.78, 5) is 19.6. The summed E-state index contributed by atoms with van der Waals surface area (Å²) in [5, 5.41) is 12.3. The van der Waals surface area contributed by atoms with Crippen LogP contribution in [0.4, 0.5) is 10.1 Å². The summed E-state index contributed by atoms with van der Waals surface area (Å²) in [6.45, 7) is 0. The lowest BCUT2D eigenvalue weighted by atomic mass is 10.1. The maximum absolute atomic E-state index is 13.8. The highest BCUT2D eigenvalue weighted by Gasteiger charge is 2.14. The van der Waals surface area contributed by atoms with E-state index in [1.807, 2.05) is 6.07 Å². The van der Waals surface area contributed by atoms with Gasteiger partial charge < -0.3 is 14.8 Å². The summed E-state index contributed by atoms with van der Waals surface area (Å²) >= 11 is 11.5. The van der Waals surface area contributed by atoms with Gasteiger partial charge in [-0.2, -0.15) is 14.6 Å². The van der Waals surface area contributed by atoms with Crippen LogP contribution in [0.5, 0.6) is 17.4 Å². The Morgan fingerprint density at radius 3 is 2.61 bits per heavy atom. The molecule has 156 valence electrons. The van der Waals surface area contributed by atoms with Gasteiger partial charge >= 0.3 is 0 Å². The van der Waals surface area contributed by atoms with Gasteiger partial charge in [-0.1, -0.05) is 17.7 Å². The molecule has 1 heterocycles. The van der Waals surface area contributed by atoms with Gasteiger partial charge in [0.05, 0.1) is 13.3 Å². The number of hydrogen-bond donors (Lipinski definition) is 1. The van der Waals surface area contributed by atoms with Crippen molar-refractivity contribution < 1.29 is 18.7 Å². The zero-order valence-corrected chi connectivity index (χ0v) is 17.4. The molecule has 0 fully saturated rings. The Kier molecular flexibility index (Phi) is 7.03. The van der Waals surface area contributed by atoms with Crippen molar-refractivity contribution in [2.75, 3.05) is 12.4 Å². The topological polar surface area (TPSA) is 97.1 Å². The van der Waals surface area contributed by atoms with E-state index < -0.39 is 11.7 Å². The largest absolute Gasteiger partial charge is 0.493 e. The highest BCUT2D eigenvalue weighted by atomic mass is 35.5. The van der Waals surface area contributed by atoms with E-state index in [0.29, 0.717) is 16.3 Å². The number of nitriles is 1. The van der Waals surface area contributed by atoms with Gasteiger partial charge in [0.15, 0.2) is 11.5 Å². The van der Waals surface area contributed by atoms with Crippen LogP contribution in [0, 0.1) is 17.1 Å². The molecule has 1 aromatic heterocycles. The highest BCUT2D eigenvalue weighted by molar-refractivity contribution is 6.30. The number of methoxy groups -OCH3 is 1. The lowest BCUT2D eigenvalue weighted by molar-refractivity contribution is -0.112. The normalized spacial score (nSPS) is 10.9. The first-order valence-electron chi connectivity index (χ1n) is 8.62. The second-order valence-corrected chi connectivity index (χ2v) is 6.71. The molecule has 1 amide bonds. The second kappa shape index (κ2) is 9.89. The molecule has 0 unspecified atom stereocenters. The Bertz CT molecular complexity index is 1190. The monoisotopic (exact) mass is 458 g/mol. The van der Waals surface area contributed by atoms with Crippen LogP contribution in [-0.4, -0.2) is 23.0 Å². The number of amides is 1. The van der Waals surface area contributed by atoms with Crippen molar-refractivity contribution in [2.45, 2.75) is 0 Å². The molecular formula is C21H13Cl2FN4O3. The van der Waals surface area contributed by atoms with Gasteiger partial charge in [-0.05, 0) is 59.6 Å². The van der Waals surface area contributed by atoms with E-state index >= 15 is 0 Å². The van der Waals surface area contributed by atoms with E-state index in [0.717, 1.165) is 6.20 Å². The van der Waals surface area contributed by atoms with Crippen molar-refractivity contribution in [3.05, 3.63) is 75.9 Å². The summed E-state index contributed by atoms with van der Waals surface area (Å²) in [7, 11) is 1.39. The predicted octanol–water partition coefficient (Wildman–Crippen LogP) is 5.27. The lowest BCUT2D eigenvalue weighted by Gasteiger charge is -2.11. The van der Waals surface area contributed by atoms with Crippen molar-refractivity contribution in [2.24, 2.45) is 0 Å². The quantitative estimate of drug-likeness (QED) is 0.307. The molecule has 0 spiro atoms. The minimum atomic E-state index is -0.805. The smallest absolute Gasteiger partial charge is 0.266 e. The Morgan fingerprint density at radius 1 is 1.19 bits per heavy atom. The third-order valence-electron chi connectivity index (χ3n) is 3.86. The van der Waals surface area contributed by atoms with Gasteiger partial charge in [-0.3, -0.25) is 4.79 Å². The van der Waals surface area contributed by atoms with Gasteiger partial charge in [0.2, 0.25) is 11.1 Å². The fraction of sp³-hybridized carbons (Fsp3) is 0.0476. The summed E-state index contributed by atoms with van der Waals surface area (Å²) in [6.07, 6.45) is 2.26. The molecular weight excluding hydrogens is 446 g/mol. The Hall–Kier alpha value is -3.67. The molecule has 1 N–H and O–H groups in total. The average Bonchev–Trinajstić information content (AvgIpc) is 2.76. The molecule has 31 heavy (non-hydrogen) atoms. The SMILES string of the molecule is COc1cc(C=C(C#N)C(=O)Nc2ccc(Cl)cc2)ccc1Oc1nc(Cl)ncc1F. The summed E-state index contributed by atoms with van der Waals surface area (Å²) in [5.41, 5.74) is 0.829. The Balaban J connectivity index is 1.83. The van der Waals surface area contributed by atoms with E-state index in [2.05, 4.69) is 15.3 Å². The molecule has 0 atom stereocenters. The number of benzene rings is 2. The first kappa shape index (κ1) is 22.0. The van der Waals surface area contributed by atoms with Crippen LogP contribution in [0.15, 0.2) is 54.2 Å². The maximum atomic E-state index is 13.8. The van der Waals surface area contributed by atoms with Crippen LogP contribution < -0.4 is 14.8 Å². The summed E-state index contributed by atoms with van der Waals surface area (Å²) in [6, 6.07) is 12.9. The van der Waals surface area contributed by atoms with Crippen molar-refractivity contribution in [1.29, 1.82) is 5.26 Å². The second-order valence-electron chi connectivity index (χ2n) is 5.94. The number of anilines is 1. The molecule has 0 aliphatic heterocycles. The molecule has 0 saturated heterocycles. The van der Waals surface area contributed by atoms with Crippen molar-refractivity contribution in [3.63, 3.8) is 0 Å². The standard InChI is InChI=1S/C21H13Cl2FN4O3/c1-30-18-9-12(2-7-17(18)31-20-16(24)11-26-21(23)28-20)8-13(10-25)19(29)27-15-5-3-14(22)4-6-15/h2-9,11H,1H3,(H,27,29). The minimum Gasteiger partial charge on any atom is -0.493 e. The molecule has 0 aliphatic rings. The van der Waals surface area contributed by atoms with Crippen molar-refractivity contribution in [1.82, 2.24) is 9.97 Å². The third kappa shape index (κ3) is 5.69. The minimum absolute atomic E-state index is 0.140. The van der Waals surface area contributed by atoms with E-state index in [4.69, 9.17) is 32.7 Å². The molecule has 3 aromatic rings. The maximum Gasteiger partial charge on any atom is 0.266 e. The third-order valence-corrected chi connectivity index (χ3v) is 4.29. The van der Waals surface area contributed by atoms with Crippen molar-refractivity contribution >= 4 is 40.9 Å². The van der Waals surface area contributed by atoms with E-state index in [1.165, 1.54) is 25.3 Å². The number of carbonyl (C=O) groups is 1. The van der Waals surface area contributed by atoms with Crippen LogP contribution in [0.3, 0.4) is 0 Å². The molecule has 7 nitrogen and oxygen atoms in total. The fourth-order valence-corrected chi connectivity index (χ4v) is 2.66. The first-order chi connectivity index (χ1) is 14.9. The zero-order valence-electron chi connectivity index (χ0n) is 15.9.